The highest BCUT2D eigenvalue weighted by atomic mass is 16.6. The molecule has 0 spiro atoms. The first kappa shape index (κ1) is 13.4. The molecule has 1 fully saturated rings. The molecule has 0 radical (unpaired) electrons. The van der Waals surface area contributed by atoms with E-state index in [2.05, 4.69) is 5.16 Å². The van der Waals surface area contributed by atoms with E-state index in [4.69, 9.17) is 9.57 Å². The molecule has 0 unspecified atom stereocenters. The molecule has 108 valence electrons. The van der Waals surface area contributed by atoms with E-state index in [9.17, 15) is 10.2 Å². The fourth-order valence-corrected chi connectivity index (χ4v) is 3.31. The molecular weight excluding hydrogens is 258 g/mol. The molecule has 0 amide bonds. The summed E-state index contributed by atoms with van der Waals surface area (Å²) in [6.07, 6.45) is 0.659. The highest BCUT2D eigenvalue weighted by molar-refractivity contribution is 6.03. The van der Waals surface area contributed by atoms with E-state index in [-0.39, 0.29) is 37.1 Å². The number of hydrogen-bond donors (Lipinski definition) is 2. The van der Waals surface area contributed by atoms with Crippen molar-refractivity contribution in [3.8, 4) is 5.75 Å². The Morgan fingerprint density at radius 1 is 1.20 bits per heavy atom. The summed E-state index contributed by atoms with van der Waals surface area (Å²) in [7, 11) is 1.63. The number of aliphatic hydroxyl groups is 2. The van der Waals surface area contributed by atoms with Crippen LogP contribution in [-0.2, 0) is 4.84 Å². The summed E-state index contributed by atoms with van der Waals surface area (Å²) in [6, 6.07) is 7.67. The maximum atomic E-state index is 9.56. The minimum atomic E-state index is -0.116. The highest BCUT2D eigenvalue weighted by Gasteiger charge is 2.50. The van der Waals surface area contributed by atoms with E-state index in [1.165, 1.54) is 0 Å². The monoisotopic (exact) mass is 277 g/mol. The predicted octanol–water partition coefficient (Wildman–Crippen LogP) is 1.03. The molecular formula is C15H19NO4. The number of nitrogens with zero attached hydrogens (tertiary/aromatic N) is 1. The zero-order valence-electron chi connectivity index (χ0n) is 11.4. The molecule has 1 aliphatic carbocycles. The Kier molecular flexibility index (Phi) is 3.63. The van der Waals surface area contributed by atoms with Gasteiger partial charge in [0.1, 0.15) is 11.9 Å². The van der Waals surface area contributed by atoms with Gasteiger partial charge in [-0.2, -0.15) is 0 Å². The van der Waals surface area contributed by atoms with Crippen molar-refractivity contribution >= 4 is 5.71 Å². The molecule has 5 heteroatoms. The summed E-state index contributed by atoms with van der Waals surface area (Å²) >= 11 is 0. The van der Waals surface area contributed by atoms with Gasteiger partial charge in [0.2, 0.25) is 0 Å². The lowest BCUT2D eigenvalue weighted by Crippen LogP contribution is -2.28. The zero-order valence-corrected chi connectivity index (χ0v) is 11.4. The van der Waals surface area contributed by atoms with Gasteiger partial charge in [-0.25, -0.2) is 0 Å². The van der Waals surface area contributed by atoms with Gasteiger partial charge in [-0.3, -0.25) is 0 Å². The van der Waals surface area contributed by atoms with Gasteiger partial charge < -0.3 is 19.8 Å². The van der Waals surface area contributed by atoms with Crippen molar-refractivity contribution in [1.82, 2.24) is 0 Å². The molecule has 1 aromatic rings. The van der Waals surface area contributed by atoms with Gasteiger partial charge >= 0.3 is 0 Å². The van der Waals surface area contributed by atoms with Crippen LogP contribution in [0.3, 0.4) is 0 Å². The molecule has 2 aliphatic rings. The maximum Gasteiger partial charge on any atom is 0.141 e. The molecule has 0 aromatic heterocycles. The second-order valence-corrected chi connectivity index (χ2v) is 5.42. The van der Waals surface area contributed by atoms with Crippen molar-refractivity contribution in [2.24, 2.45) is 22.9 Å². The molecule has 2 N–H and O–H groups in total. The quantitative estimate of drug-likeness (QED) is 0.862. The summed E-state index contributed by atoms with van der Waals surface area (Å²) in [5.74, 6) is 1.01. The summed E-state index contributed by atoms with van der Waals surface area (Å²) in [5, 5.41) is 23.2. The van der Waals surface area contributed by atoms with E-state index >= 15 is 0 Å². The number of ether oxygens (including phenoxy) is 1. The standard InChI is InChI=1S/C15H19NO4/c1-19-12-4-2-9(3-5-12)14-13-10(7-17)6-11(8-18)15(13)20-16-14/h2-5,10-11,13,15,17-18H,6-8H2,1H3/t10-,11+,13-,15-/m1/s1. The van der Waals surface area contributed by atoms with Crippen LogP contribution in [-0.4, -0.2) is 42.4 Å². The maximum absolute atomic E-state index is 9.56. The first-order valence-electron chi connectivity index (χ1n) is 6.88. The molecule has 1 saturated carbocycles. The van der Waals surface area contributed by atoms with Crippen molar-refractivity contribution in [3.63, 3.8) is 0 Å². The average Bonchev–Trinajstić information content (AvgIpc) is 3.07. The second-order valence-electron chi connectivity index (χ2n) is 5.42. The third-order valence-electron chi connectivity index (χ3n) is 4.38. The third-order valence-corrected chi connectivity index (χ3v) is 4.38. The van der Waals surface area contributed by atoms with Gasteiger partial charge in [0, 0.05) is 24.7 Å². The lowest BCUT2D eigenvalue weighted by Gasteiger charge is -2.17. The van der Waals surface area contributed by atoms with Crippen LogP contribution in [0.2, 0.25) is 0 Å². The fourth-order valence-electron chi connectivity index (χ4n) is 3.31. The summed E-state index contributed by atoms with van der Waals surface area (Å²) in [6.45, 7) is 0.166. The predicted molar refractivity (Wildman–Crippen MR) is 73.7 cm³/mol. The molecule has 0 saturated heterocycles. The van der Waals surface area contributed by atoms with Gasteiger partial charge in [0.15, 0.2) is 0 Å². The van der Waals surface area contributed by atoms with Crippen LogP contribution in [0.25, 0.3) is 0 Å². The summed E-state index contributed by atoms with van der Waals surface area (Å²) in [5.41, 5.74) is 1.85. The van der Waals surface area contributed by atoms with E-state index in [0.29, 0.717) is 0 Å². The average molecular weight is 277 g/mol. The van der Waals surface area contributed by atoms with Crippen molar-refractivity contribution < 1.29 is 19.8 Å². The third kappa shape index (κ3) is 2.07. The van der Waals surface area contributed by atoms with Crippen LogP contribution < -0.4 is 4.74 Å². The van der Waals surface area contributed by atoms with Gasteiger partial charge in [-0.15, -0.1) is 0 Å². The molecule has 5 nitrogen and oxygen atoms in total. The Morgan fingerprint density at radius 3 is 2.50 bits per heavy atom. The number of oxime groups is 1. The van der Waals surface area contributed by atoms with Crippen LogP contribution in [0.1, 0.15) is 12.0 Å². The van der Waals surface area contributed by atoms with E-state index in [1.807, 2.05) is 24.3 Å². The van der Waals surface area contributed by atoms with E-state index in [1.54, 1.807) is 7.11 Å². The fraction of sp³-hybridized carbons (Fsp3) is 0.533. The van der Waals surface area contributed by atoms with E-state index < -0.39 is 0 Å². The number of rotatable bonds is 4. The SMILES string of the molecule is COc1ccc(C2=NO[C@@H]3[C@H](CO)C[C@H](CO)[C@H]23)cc1. The van der Waals surface area contributed by atoms with Crippen molar-refractivity contribution in [2.75, 3.05) is 20.3 Å². The first-order valence-corrected chi connectivity index (χ1v) is 6.88. The van der Waals surface area contributed by atoms with Crippen molar-refractivity contribution in [3.05, 3.63) is 29.8 Å². The Hall–Kier alpha value is -1.59. The lowest BCUT2D eigenvalue weighted by molar-refractivity contribution is 0.0198. The molecule has 1 heterocycles. The van der Waals surface area contributed by atoms with Crippen molar-refractivity contribution in [1.29, 1.82) is 0 Å². The Bertz CT molecular complexity index is 499. The molecule has 3 rings (SSSR count). The van der Waals surface area contributed by atoms with Gasteiger partial charge in [-0.05, 0) is 36.6 Å². The summed E-state index contributed by atoms with van der Waals surface area (Å²) < 4.78 is 5.15. The van der Waals surface area contributed by atoms with Gasteiger partial charge in [0.05, 0.1) is 18.7 Å². The van der Waals surface area contributed by atoms with Crippen LogP contribution >= 0.6 is 0 Å². The lowest BCUT2D eigenvalue weighted by atomic mass is 9.87. The van der Waals surface area contributed by atoms with Crippen LogP contribution in [0.4, 0.5) is 0 Å². The minimum absolute atomic E-state index is 0.0525. The number of benzene rings is 1. The van der Waals surface area contributed by atoms with E-state index in [0.717, 1.165) is 23.4 Å². The Morgan fingerprint density at radius 2 is 1.90 bits per heavy atom. The minimum Gasteiger partial charge on any atom is -0.497 e. The Balaban J connectivity index is 1.87. The normalized spacial score (nSPS) is 31.6. The molecule has 1 aromatic carbocycles. The summed E-state index contributed by atoms with van der Waals surface area (Å²) in [4.78, 5) is 5.52. The van der Waals surface area contributed by atoms with Gasteiger partial charge in [-0.1, -0.05) is 5.16 Å². The molecule has 0 bridgehead atoms. The topological polar surface area (TPSA) is 71.3 Å². The molecule has 1 aliphatic heterocycles. The smallest absolute Gasteiger partial charge is 0.141 e. The van der Waals surface area contributed by atoms with Crippen molar-refractivity contribution in [2.45, 2.75) is 12.5 Å². The second kappa shape index (κ2) is 5.42. The Labute approximate surface area is 117 Å². The van der Waals surface area contributed by atoms with Crippen LogP contribution in [0.15, 0.2) is 29.4 Å². The van der Waals surface area contributed by atoms with Crippen LogP contribution in [0, 0.1) is 17.8 Å². The number of aliphatic hydroxyl groups excluding tert-OH is 2. The first-order chi connectivity index (χ1) is 9.78. The highest BCUT2D eigenvalue weighted by Crippen LogP contribution is 2.43. The molecule has 20 heavy (non-hydrogen) atoms. The zero-order chi connectivity index (χ0) is 14.1. The number of methoxy groups -OCH3 is 1. The number of fused-ring (bicyclic) bond motifs is 1. The van der Waals surface area contributed by atoms with Gasteiger partial charge in [0.25, 0.3) is 0 Å². The largest absolute Gasteiger partial charge is 0.497 e. The van der Waals surface area contributed by atoms with Crippen LogP contribution in [0.5, 0.6) is 5.75 Å². The molecule has 4 atom stereocenters. The number of hydrogen-bond acceptors (Lipinski definition) is 5.